The number of aryl methyl sites for hydroxylation is 1. The van der Waals surface area contributed by atoms with Crippen LogP contribution < -0.4 is 10.1 Å². The number of nitrogens with zero attached hydrogens (tertiary/aromatic N) is 2. The smallest absolute Gasteiger partial charge is 0.303 e. The molecule has 1 aromatic heterocycles. The fourth-order valence-electron chi connectivity index (χ4n) is 5.43. The number of nitrogens with one attached hydrogen (secondary N) is 1. The molecule has 1 fully saturated rings. The first-order valence-corrected chi connectivity index (χ1v) is 13.2. The lowest BCUT2D eigenvalue weighted by Gasteiger charge is -2.40. The van der Waals surface area contributed by atoms with Gasteiger partial charge >= 0.3 is 5.97 Å². The van der Waals surface area contributed by atoms with Crippen molar-refractivity contribution >= 4 is 51.2 Å². The zero-order valence-corrected chi connectivity index (χ0v) is 22.5. The van der Waals surface area contributed by atoms with Gasteiger partial charge in [0.05, 0.1) is 11.0 Å². The summed E-state index contributed by atoms with van der Waals surface area (Å²) >= 11 is 2.24. The maximum atomic E-state index is 11.0. The quantitative estimate of drug-likeness (QED) is 0.217. The molecule has 0 spiro atoms. The summed E-state index contributed by atoms with van der Waals surface area (Å²) in [6.07, 6.45) is 4.07. The first-order valence-electron chi connectivity index (χ1n) is 12.0. The van der Waals surface area contributed by atoms with E-state index in [1.807, 2.05) is 43.3 Å². The molecule has 0 saturated heterocycles. The number of aromatic nitrogens is 2. The molecule has 0 bridgehead atoms. The van der Waals surface area contributed by atoms with E-state index in [2.05, 4.69) is 59.3 Å². The van der Waals surface area contributed by atoms with Crippen LogP contribution in [0.25, 0.3) is 11.0 Å². The predicted octanol–water partition coefficient (Wildman–Crippen LogP) is 7.34. The molecule has 1 heterocycles. The van der Waals surface area contributed by atoms with E-state index in [0.29, 0.717) is 18.4 Å². The molecule has 6 nitrogen and oxygen atoms in total. The number of carbonyl (C=O) groups is 1. The van der Waals surface area contributed by atoms with E-state index in [1.165, 1.54) is 6.42 Å². The topological polar surface area (TPSA) is 76.4 Å². The maximum absolute atomic E-state index is 11.0. The number of fused-ring (bicyclic) bond motifs is 1. The molecule has 7 heteroatoms. The average Bonchev–Trinajstić information content (AvgIpc) is 3.09. The van der Waals surface area contributed by atoms with Crippen LogP contribution in [-0.2, 0) is 11.2 Å². The van der Waals surface area contributed by atoms with Gasteiger partial charge in [-0.15, -0.1) is 0 Å². The molecule has 0 amide bonds. The van der Waals surface area contributed by atoms with Gasteiger partial charge in [-0.25, -0.2) is 4.98 Å². The van der Waals surface area contributed by atoms with Crippen molar-refractivity contribution in [2.75, 3.05) is 5.32 Å². The van der Waals surface area contributed by atoms with Crippen LogP contribution in [0, 0.1) is 11.3 Å². The Morgan fingerprint density at radius 1 is 1.26 bits per heavy atom. The number of benzene rings is 2. The van der Waals surface area contributed by atoms with Crippen molar-refractivity contribution in [3.8, 4) is 5.75 Å². The van der Waals surface area contributed by atoms with Crippen LogP contribution in [0.3, 0.4) is 0 Å². The number of carboxylic acids is 1. The highest BCUT2D eigenvalue weighted by Crippen LogP contribution is 2.46. The number of carboxylic acid groups (broad SMARTS) is 1. The highest BCUT2D eigenvalue weighted by atomic mass is 127. The van der Waals surface area contributed by atoms with E-state index in [-0.39, 0.29) is 15.9 Å². The standard InChI is InChI=1S/C27H34IN3O3/c1-17-13-21(16-27(3,4)15-17)31-24-11-5-19(6-12-25(32)33)14-23(24)30-26(31)29-20-7-9-22(10-8-20)34-18(2)28/h5,7-11,14,17-18,21H,6,12-13,15-16H2,1-4H3,(H,29,30)(H,32,33)/t17-,18?,21+/m0/s1. The Hall–Kier alpha value is -2.29. The summed E-state index contributed by atoms with van der Waals surface area (Å²) in [5, 5.41) is 12.6. The average molecular weight is 575 g/mol. The Kier molecular flexibility index (Phi) is 7.40. The molecule has 1 aliphatic carbocycles. The Bertz CT molecular complexity index is 1150. The lowest BCUT2D eigenvalue weighted by atomic mass is 9.70. The summed E-state index contributed by atoms with van der Waals surface area (Å²) in [4.78, 5) is 16.0. The van der Waals surface area contributed by atoms with E-state index in [0.717, 1.165) is 46.8 Å². The molecule has 4 rings (SSSR count). The molecule has 0 radical (unpaired) electrons. The summed E-state index contributed by atoms with van der Waals surface area (Å²) < 4.78 is 8.24. The molecule has 182 valence electrons. The van der Waals surface area contributed by atoms with Crippen LogP contribution in [0.2, 0.25) is 0 Å². The van der Waals surface area contributed by atoms with Crippen LogP contribution in [0.15, 0.2) is 42.5 Å². The summed E-state index contributed by atoms with van der Waals surface area (Å²) in [5.74, 6) is 1.53. The van der Waals surface area contributed by atoms with E-state index >= 15 is 0 Å². The second-order valence-corrected chi connectivity index (χ2v) is 12.2. The van der Waals surface area contributed by atoms with E-state index < -0.39 is 5.97 Å². The van der Waals surface area contributed by atoms with Gasteiger partial charge in [0, 0.05) is 18.2 Å². The molecule has 2 aromatic carbocycles. The third-order valence-electron chi connectivity index (χ3n) is 6.52. The van der Waals surface area contributed by atoms with Crippen molar-refractivity contribution in [3.63, 3.8) is 0 Å². The van der Waals surface area contributed by atoms with Gasteiger partial charge in [-0.05, 0) is 108 Å². The van der Waals surface area contributed by atoms with Gasteiger partial charge in [0.15, 0.2) is 0 Å². The van der Waals surface area contributed by atoms with Gasteiger partial charge in [-0.3, -0.25) is 4.79 Å². The maximum Gasteiger partial charge on any atom is 0.303 e. The van der Waals surface area contributed by atoms with E-state index in [4.69, 9.17) is 14.8 Å². The normalized spacial score (nSPS) is 20.7. The van der Waals surface area contributed by atoms with Crippen molar-refractivity contribution in [2.24, 2.45) is 11.3 Å². The third-order valence-corrected chi connectivity index (χ3v) is 6.77. The van der Waals surface area contributed by atoms with Gasteiger partial charge in [0.2, 0.25) is 5.95 Å². The van der Waals surface area contributed by atoms with Crippen molar-refractivity contribution in [1.82, 2.24) is 9.55 Å². The van der Waals surface area contributed by atoms with Gasteiger partial charge in [0.1, 0.15) is 9.86 Å². The Morgan fingerprint density at radius 2 is 2.00 bits per heavy atom. The van der Waals surface area contributed by atoms with Gasteiger partial charge in [-0.1, -0.05) is 26.8 Å². The second-order valence-electron chi connectivity index (χ2n) is 10.4. The third kappa shape index (κ3) is 6.03. The molecular weight excluding hydrogens is 541 g/mol. The van der Waals surface area contributed by atoms with Crippen molar-refractivity contribution in [1.29, 1.82) is 0 Å². The Labute approximate surface area is 215 Å². The number of imidazole rings is 1. The van der Waals surface area contributed by atoms with Gasteiger partial charge < -0.3 is 19.7 Å². The van der Waals surface area contributed by atoms with E-state index in [9.17, 15) is 4.79 Å². The number of hydrogen-bond donors (Lipinski definition) is 2. The van der Waals surface area contributed by atoms with E-state index in [1.54, 1.807) is 0 Å². The molecule has 3 aromatic rings. The Morgan fingerprint density at radius 3 is 2.65 bits per heavy atom. The number of ether oxygens (including phenoxy) is 1. The minimum absolute atomic E-state index is 0.104. The van der Waals surface area contributed by atoms with Gasteiger partial charge in [0.25, 0.3) is 0 Å². The minimum Gasteiger partial charge on any atom is -0.481 e. The largest absolute Gasteiger partial charge is 0.481 e. The first kappa shape index (κ1) is 24.8. The molecule has 1 saturated carbocycles. The molecule has 1 unspecified atom stereocenters. The zero-order chi connectivity index (χ0) is 24.5. The minimum atomic E-state index is -0.782. The lowest BCUT2D eigenvalue weighted by Crippen LogP contribution is -2.29. The SMILES string of the molecule is CC(I)Oc1ccc(Nc2nc3cc(CCC(=O)O)ccc3n2[C@@H]2C[C@H](C)CC(C)(C)C2)cc1. The van der Waals surface area contributed by atoms with Crippen LogP contribution in [0.5, 0.6) is 5.75 Å². The number of rotatable bonds is 8. The lowest BCUT2D eigenvalue weighted by molar-refractivity contribution is -0.136. The summed E-state index contributed by atoms with van der Waals surface area (Å²) in [6, 6.07) is 14.5. The number of aliphatic carboxylic acids is 1. The summed E-state index contributed by atoms with van der Waals surface area (Å²) in [5.41, 5.74) is 4.22. The highest BCUT2D eigenvalue weighted by Gasteiger charge is 2.34. The van der Waals surface area contributed by atoms with Crippen LogP contribution in [-0.4, -0.2) is 24.7 Å². The fraction of sp³-hybridized carbons (Fsp3) is 0.481. The number of halogens is 1. The predicted molar refractivity (Wildman–Crippen MR) is 145 cm³/mol. The number of alkyl halides is 1. The monoisotopic (exact) mass is 575 g/mol. The molecule has 2 N–H and O–H groups in total. The van der Waals surface area contributed by atoms with Crippen molar-refractivity contribution < 1.29 is 14.6 Å². The molecule has 1 aliphatic rings. The van der Waals surface area contributed by atoms with Crippen LogP contribution in [0.4, 0.5) is 11.6 Å². The summed E-state index contributed by atoms with van der Waals surface area (Å²) in [6.45, 7) is 9.07. The first-order chi connectivity index (χ1) is 16.1. The van der Waals surface area contributed by atoms with Crippen molar-refractivity contribution in [2.45, 2.75) is 70.0 Å². The highest BCUT2D eigenvalue weighted by molar-refractivity contribution is 14.1. The van der Waals surface area contributed by atoms with Gasteiger partial charge in [-0.2, -0.15) is 0 Å². The van der Waals surface area contributed by atoms with Crippen LogP contribution in [0.1, 0.15) is 65.0 Å². The number of anilines is 2. The zero-order valence-electron chi connectivity index (χ0n) is 20.3. The second kappa shape index (κ2) is 10.1. The number of hydrogen-bond acceptors (Lipinski definition) is 4. The molecule has 3 atom stereocenters. The summed E-state index contributed by atoms with van der Waals surface area (Å²) in [7, 11) is 0. The van der Waals surface area contributed by atoms with Crippen molar-refractivity contribution in [3.05, 3.63) is 48.0 Å². The molecule has 34 heavy (non-hydrogen) atoms. The molecule has 0 aliphatic heterocycles. The Balaban J connectivity index is 1.71. The fourth-order valence-corrected chi connectivity index (χ4v) is 5.73. The van der Waals surface area contributed by atoms with Crippen LogP contribution >= 0.6 is 22.6 Å². The molecular formula is C27H34IN3O3.